The Morgan fingerprint density at radius 1 is 1.16 bits per heavy atom. The number of rotatable bonds is 3. The molecule has 3 N–H and O–H groups in total. The van der Waals surface area contributed by atoms with Gasteiger partial charge < -0.3 is 15.8 Å². The van der Waals surface area contributed by atoms with Crippen molar-refractivity contribution < 1.29 is 13.5 Å². The number of halogens is 3. The van der Waals surface area contributed by atoms with Gasteiger partial charge in [-0.15, -0.1) is 0 Å². The van der Waals surface area contributed by atoms with Crippen molar-refractivity contribution in [2.24, 2.45) is 0 Å². The Morgan fingerprint density at radius 3 is 2.58 bits per heavy atom. The molecule has 0 bridgehead atoms. The molecule has 0 aliphatic heterocycles. The molecule has 0 unspecified atom stereocenters. The van der Waals surface area contributed by atoms with Crippen LogP contribution in [0, 0.1) is 11.6 Å². The molecule has 2 aromatic rings. The van der Waals surface area contributed by atoms with Gasteiger partial charge in [0.15, 0.2) is 11.6 Å². The van der Waals surface area contributed by atoms with E-state index in [9.17, 15) is 8.78 Å². The van der Waals surface area contributed by atoms with Crippen molar-refractivity contribution in [3.63, 3.8) is 0 Å². The van der Waals surface area contributed by atoms with E-state index in [1.165, 1.54) is 25.3 Å². The first-order chi connectivity index (χ1) is 9.01. The molecule has 0 saturated carbocycles. The molecule has 0 aromatic heterocycles. The first-order valence-corrected chi connectivity index (χ1v) is 6.15. The lowest BCUT2D eigenvalue weighted by atomic mass is 10.2. The molecule has 19 heavy (non-hydrogen) atoms. The van der Waals surface area contributed by atoms with Crippen LogP contribution in [0.5, 0.6) is 5.75 Å². The topological polar surface area (TPSA) is 47.3 Å². The van der Waals surface area contributed by atoms with Crippen molar-refractivity contribution >= 4 is 33.0 Å². The smallest absolute Gasteiger partial charge is 0.167 e. The molecule has 0 amide bonds. The summed E-state index contributed by atoms with van der Waals surface area (Å²) in [7, 11) is 1.36. The lowest BCUT2D eigenvalue weighted by Crippen LogP contribution is -2.00. The third-order valence-electron chi connectivity index (χ3n) is 2.52. The average Bonchev–Trinajstić information content (AvgIpc) is 2.37. The van der Waals surface area contributed by atoms with Crippen LogP contribution in [0.2, 0.25) is 0 Å². The van der Waals surface area contributed by atoms with Crippen LogP contribution < -0.4 is 15.8 Å². The SMILES string of the molecule is COc1cc(Nc2cc(F)ccc2Br)c(N)cc1F. The van der Waals surface area contributed by atoms with Gasteiger partial charge in [0.1, 0.15) is 5.82 Å². The highest BCUT2D eigenvalue weighted by molar-refractivity contribution is 9.10. The first-order valence-electron chi connectivity index (χ1n) is 5.36. The van der Waals surface area contributed by atoms with E-state index in [1.54, 1.807) is 6.07 Å². The third kappa shape index (κ3) is 2.96. The van der Waals surface area contributed by atoms with E-state index in [2.05, 4.69) is 21.2 Å². The second kappa shape index (κ2) is 5.44. The Hall–Kier alpha value is -1.82. The summed E-state index contributed by atoms with van der Waals surface area (Å²) in [5, 5.41) is 2.92. The fraction of sp³-hybridized carbons (Fsp3) is 0.0769. The van der Waals surface area contributed by atoms with Crippen molar-refractivity contribution in [2.45, 2.75) is 0 Å². The van der Waals surface area contributed by atoms with Gasteiger partial charge in [0, 0.05) is 16.6 Å². The molecule has 0 spiro atoms. The van der Waals surface area contributed by atoms with Crippen LogP contribution in [0.25, 0.3) is 0 Å². The predicted molar refractivity (Wildman–Crippen MR) is 74.7 cm³/mol. The molecule has 100 valence electrons. The Balaban J connectivity index is 2.40. The molecule has 0 saturated heterocycles. The lowest BCUT2D eigenvalue weighted by Gasteiger charge is -2.13. The summed E-state index contributed by atoms with van der Waals surface area (Å²) in [5.74, 6) is -0.883. The minimum Gasteiger partial charge on any atom is -0.494 e. The van der Waals surface area contributed by atoms with Gasteiger partial charge in [-0.3, -0.25) is 0 Å². The van der Waals surface area contributed by atoms with Crippen molar-refractivity contribution in [1.82, 2.24) is 0 Å². The van der Waals surface area contributed by atoms with Gasteiger partial charge in [-0.1, -0.05) is 0 Å². The second-order valence-electron chi connectivity index (χ2n) is 3.82. The van der Waals surface area contributed by atoms with E-state index in [4.69, 9.17) is 10.5 Å². The molecule has 6 heteroatoms. The molecule has 0 heterocycles. The fourth-order valence-electron chi connectivity index (χ4n) is 1.57. The quantitative estimate of drug-likeness (QED) is 0.835. The van der Waals surface area contributed by atoms with Crippen LogP contribution in [-0.2, 0) is 0 Å². The highest BCUT2D eigenvalue weighted by Gasteiger charge is 2.10. The molecule has 2 rings (SSSR count). The monoisotopic (exact) mass is 328 g/mol. The minimum absolute atomic E-state index is 0.0595. The molecule has 0 atom stereocenters. The number of anilines is 3. The normalized spacial score (nSPS) is 10.3. The first kappa shape index (κ1) is 13.6. The molecular weight excluding hydrogens is 318 g/mol. The Labute approximate surface area is 117 Å². The standard InChI is InChI=1S/C13H11BrF2N2O/c1-19-13-6-12(10(17)5-9(13)16)18-11-4-7(15)2-3-8(11)14/h2-6,18H,17H2,1H3. The van der Waals surface area contributed by atoms with Gasteiger partial charge in [0.2, 0.25) is 0 Å². The molecular formula is C13H11BrF2N2O. The zero-order valence-electron chi connectivity index (χ0n) is 10.0. The van der Waals surface area contributed by atoms with Gasteiger partial charge in [0.25, 0.3) is 0 Å². The number of nitrogens with one attached hydrogen (secondary N) is 1. The van der Waals surface area contributed by atoms with Crippen LogP contribution in [0.15, 0.2) is 34.8 Å². The molecule has 2 aromatic carbocycles. The van der Waals surface area contributed by atoms with Gasteiger partial charge in [0.05, 0.1) is 24.2 Å². The van der Waals surface area contributed by atoms with Crippen LogP contribution >= 0.6 is 15.9 Å². The van der Waals surface area contributed by atoms with Crippen molar-refractivity contribution in [3.05, 3.63) is 46.4 Å². The van der Waals surface area contributed by atoms with Gasteiger partial charge in [-0.2, -0.15) is 0 Å². The third-order valence-corrected chi connectivity index (χ3v) is 3.21. The van der Waals surface area contributed by atoms with Crippen LogP contribution in [-0.4, -0.2) is 7.11 Å². The van der Waals surface area contributed by atoms with Gasteiger partial charge in [-0.25, -0.2) is 8.78 Å². The van der Waals surface area contributed by atoms with E-state index >= 15 is 0 Å². The Kier molecular flexibility index (Phi) is 3.90. The Bertz CT molecular complexity index is 620. The number of ether oxygens (including phenoxy) is 1. The van der Waals surface area contributed by atoms with Crippen molar-refractivity contribution in [3.8, 4) is 5.75 Å². The number of nitrogens with two attached hydrogens (primary N) is 1. The van der Waals surface area contributed by atoms with E-state index in [0.29, 0.717) is 15.8 Å². The summed E-state index contributed by atoms with van der Waals surface area (Å²) in [6, 6.07) is 6.76. The molecule has 0 fully saturated rings. The lowest BCUT2D eigenvalue weighted by molar-refractivity contribution is 0.387. The Morgan fingerprint density at radius 2 is 1.89 bits per heavy atom. The van der Waals surface area contributed by atoms with Crippen LogP contribution in [0.1, 0.15) is 0 Å². The van der Waals surface area contributed by atoms with Crippen LogP contribution in [0.3, 0.4) is 0 Å². The maximum absolute atomic E-state index is 13.4. The predicted octanol–water partition coefficient (Wildman–Crippen LogP) is 4.06. The number of nitrogen functional groups attached to an aromatic ring is 1. The molecule has 0 aliphatic rings. The van der Waals surface area contributed by atoms with Gasteiger partial charge in [-0.05, 0) is 34.1 Å². The van der Waals surface area contributed by atoms with E-state index < -0.39 is 11.6 Å². The fourth-order valence-corrected chi connectivity index (χ4v) is 1.92. The summed E-state index contributed by atoms with van der Waals surface area (Å²) in [5.41, 5.74) is 6.84. The number of hydrogen-bond donors (Lipinski definition) is 2. The van der Waals surface area contributed by atoms with Gasteiger partial charge >= 0.3 is 0 Å². The number of methoxy groups -OCH3 is 1. The van der Waals surface area contributed by atoms with Crippen LogP contribution in [0.4, 0.5) is 25.8 Å². The second-order valence-corrected chi connectivity index (χ2v) is 4.68. The highest BCUT2D eigenvalue weighted by atomic mass is 79.9. The largest absolute Gasteiger partial charge is 0.494 e. The maximum Gasteiger partial charge on any atom is 0.167 e. The summed E-state index contributed by atoms with van der Waals surface area (Å²) in [4.78, 5) is 0. The summed E-state index contributed by atoms with van der Waals surface area (Å²) < 4.78 is 32.1. The average molecular weight is 329 g/mol. The summed E-state index contributed by atoms with van der Waals surface area (Å²) >= 11 is 3.29. The molecule has 0 aliphatic carbocycles. The summed E-state index contributed by atoms with van der Waals surface area (Å²) in [6.45, 7) is 0. The van der Waals surface area contributed by atoms with E-state index in [1.807, 2.05) is 0 Å². The number of hydrogen-bond acceptors (Lipinski definition) is 3. The highest BCUT2D eigenvalue weighted by Crippen LogP contribution is 2.33. The zero-order valence-corrected chi connectivity index (χ0v) is 11.6. The van der Waals surface area contributed by atoms with E-state index in [-0.39, 0.29) is 11.4 Å². The van der Waals surface area contributed by atoms with Crippen molar-refractivity contribution in [2.75, 3.05) is 18.2 Å². The van der Waals surface area contributed by atoms with E-state index in [0.717, 1.165) is 6.07 Å². The number of benzene rings is 2. The maximum atomic E-state index is 13.4. The molecule has 3 nitrogen and oxygen atoms in total. The zero-order chi connectivity index (χ0) is 14.0. The molecule has 0 radical (unpaired) electrons. The van der Waals surface area contributed by atoms with Crippen molar-refractivity contribution in [1.29, 1.82) is 0 Å². The summed E-state index contributed by atoms with van der Waals surface area (Å²) in [6.07, 6.45) is 0. The minimum atomic E-state index is -0.552.